The summed E-state index contributed by atoms with van der Waals surface area (Å²) in [6.45, 7) is 0. The Morgan fingerprint density at radius 3 is 2.33 bits per heavy atom. The van der Waals surface area contributed by atoms with Crippen LogP contribution in [0.3, 0.4) is 0 Å². The molecule has 0 bridgehead atoms. The molecule has 0 amide bonds. The Morgan fingerprint density at radius 1 is 1.44 bits per heavy atom. The highest BCUT2D eigenvalue weighted by Crippen LogP contribution is 2.31. The van der Waals surface area contributed by atoms with E-state index in [0.29, 0.717) is 6.42 Å². The Bertz CT molecular complexity index is 72.7. The van der Waals surface area contributed by atoms with Crippen LogP contribution in [-0.4, -0.2) is 20.7 Å². The van der Waals surface area contributed by atoms with Crippen LogP contribution in [0.15, 0.2) is 0 Å². The molecule has 0 spiro atoms. The van der Waals surface area contributed by atoms with Gasteiger partial charge in [-0.05, 0) is 12.5 Å². The summed E-state index contributed by atoms with van der Waals surface area (Å²) >= 11 is 16.4. The molecule has 0 aliphatic carbocycles. The summed E-state index contributed by atoms with van der Waals surface area (Å²) < 4.78 is 3.82. The lowest BCUT2D eigenvalue weighted by Gasteiger charge is -2.08. The van der Waals surface area contributed by atoms with E-state index in [-0.39, 0.29) is 0 Å². The van der Waals surface area contributed by atoms with Crippen LogP contribution in [-0.2, 0) is 4.43 Å². The molecule has 5 heteroatoms. The summed E-state index contributed by atoms with van der Waals surface area (Å²) in [5.41, 5.74) is 0. The van der Waals surface area contributed by atoms with Gasteiger partial charge < -0.3 is 4.43 Å². The molecule has 9 heavy (non-hydrogen) atoms. The number of rotatable bonds is 3. The van der Waals surface area contributed by atoms with Crippen LogP contribution in [0.4, 0.5) is 0 Å². The van der Waals surface area contributed by atoms with Gasteiger partial charge in [0.05, 0.1) is 0 Å². The highest BCUT2D eigenvalue weighted by molar-refractivity contribution is 6.67. The second-order valence-electron chi connectivity index (χ2n) is 1.71. The van der Waals surface area contributed by atoms with Gasteiger partial charge in [-0.15, -0.1) is 0 Å². The van der Waals surface area contributed by atoms with Crippen LogP contribution in [0.2, 0.25) is 6.04 Å². The molecule has 0 saturated heterocycles. The minimum absolute atomic E-state index is 0.411. The second kappa shape index (κ2) is 4.80. The highest BCUT2D eigenvalue weighted by atomic mass is 35.6. The molecule has 0 aromatic carbocycles. The third-order valence-corrected chi connectivity index (χ3v) is 2.43. The molecule has 1 nitrogen and oxygen atoms in total. The van der Waals surface area contributed by atoms with E-state index in [1.165, 1.54) is 0 Å². The molecular weight excluding hydrogens is 198 g/mol. The molecule has 0 fully saturated rings. The molecule has 0 radical (unpaired) electrons. The van der Waals surface area contributed by atoms with Gasteiger partial charge in [0.15, 0.2) is 13.6 Å². The number of hydrogen-bond donors (Lipinski definition) is 0. The summed E-state index contributed by atoms with van der Waals surface area (Å²) in [6.07, 6.45) is 0.609. The lowest BCUT2D eigenvalue weighted by atomic mass is 10.6. The number of halogens is 3. The molecule has 0 aliphatic rings. The predicted octanol–water partition coefficient (Wildman–Crippen LogP) is 1.90. The Balaban J connectivity index is 3.07. The fourth-order valence-electron chi connectivity index (χ4n) is 0.417. The first-order valence-electron chi connectivity index (χ1n) is 2.62. The molecule has 0 heterocycles. The fourth-order valence-corrected chi connectivity index (χ4v) is 2.45. The predicted molar refractivity (Wildman–Crippen MR) is 45.3 cm³/mol. The van der Waals surface area contributed by atoms with Gasteiger partial charge in [0, 0.05) is 7.11 Å². The maximum absolute atomic E-state index is 5.47. The zero-order valence-corrected chi connectivity index (χ0v) is 8.85. The first kappa shape index (κ1) is 10.0. The average molecular weight is 208 g/mol. The first-order chi connectivity index (χ1) is 4.06. The van der Waals surface area contributed by atoms with E-state index >= 15 is 0 Å². The van der Waals surface area contributed by atoms with Crippen LogP contribution in [0.25, 0.3) is 0 Å². The zero-order chi connectivity index (χ0) is 7.33. The molecule has 0 unspecified atom stereocenters. The van der Waals surface area contributed by atoms with Crippen molar-refractivity contribution in [1.82, 2.24) is 0 Å². The van der Waals surface area contributed by atoms with Crippen molar-refractivity contribution in [3.63, 3.8) is 0 Å². The third kappa shape index (κ3) is 9.05. The van der Waals surface area contributed by atoms with Crippen molar-refractivity contribution in [3.8, 4) is 0 Å². The van der Waals surface area contributed by atoms with Crippen molar-refractivity contribution < 1.29 is 4.43 Å². The number of alkyl halides is 3. The average Bonchev–Trinajstić information content (AvgIpc) is 1.63. The van der Waals surface area contributed by atoms with E-state index < -0.39 is 13.6 Å². The van der Waals surface area contributed by atoms with E-state index in [0.717, 1.165) is 6.04 Å². The summed E-state index contributed by atoms with van der Waals surface area (Å²) in [6, 6.07) is 0.924. The van der Waals surface area contributed by atoms with Crippen molar-refractivity contribution in [2.75, 3.05) is 7.11 Å². The molecule has 0 atom stereocenters. The van der Waals surface area contributed by atoms with E-state index in [1.54, 1.807) is 7.11 Å². The van der Waals surface area contributed by atoms with Gasteiger partial charge in [-0.3, -0.25) is 0 Å². The molecule has 0 saturated carbocycles. The van der Waals surface area contributed by atoms with Gasteiger partial charge in [-0.2, -0.15) is 0 Å². The highest BCUT2D eigenvalue weighted by Gasteiger charge is 2.17. The Morgan fingerprint density at radius 2 is 2.00 bits per heavy atom. The molecule has 0 rings (SSSR count). The summed E-state index contributed by atoms with van der Waals surface area (Å²) in [4.78, 5) is 0. The van der Waals surface area contributed by atoms with Gasteiger partial charge in [-0.1, -0.05) is 34.8 Å². The molecule has 0 N–H and O–H groups in total. The fraction of sp³-hybridized carbons (Fsp3) is 1.00. The molecule has 0 aromatic heterocycles. The molecular formula is C4H9Cl3OSi. The van der Waals surface area contributed by atoms with Crippen molar-refractivity contribution in [1.29, 1.82) is 0 Å². The van der Waals surface area contributed by atoms with Gasteiger partial charge >= 0.3 is 0 Å². The van der Waals surface area contributed by atoms with Gasteiger partial charge in [0.2, 0.25) is 0 Å². The lowest BCUT2D eigenvalue weighted by Crippen LogP contribution is -2.04. The van der Waals surface area contributed by atoms with E-state index in [1.807, 2.05) is 0 Å². The maximum Gasteiger partial charge on any atom is 0.190 e. The Kier molecular flexibility index (Phi) is 5.36. The lowest BCUT2D eigenvalue weighted by molar-refractivity contribution is 0.439. The topological polar surface area (TPSA) is 9.23 Å². The largest absolute Gasteiger partial charge is 0.427 e. The van der Waals surface area contributed by atoms with Crippen LogP contribution >= 0.6 is 34.8 Å². The first-order valence-corrected chi connectivity index (χ1v) is 5.33. The zero-order valence-electron chi connectivity index (χ0n) is 5.16. The Labute approximate surface area is 72.6 Å². The van der Waals surface area contributed by atoms with Crippen molar-refractivity contribution in [3.05, 3.63) is 0 Å². The molecule has 0 aromatic rings. The second-order valence-corrected chi connectivity index (χ2v) is 5.92. The van der Waals surface area contributed by atoms with Crippen molar-refractivity contribution in [2.24, 2.45) is 0 Å². The van der Waals surface area contributed by atoms with E-state index in [9.17, 15) is 0 Å². The van der Waals surface area contributed by atoms with Gasteiger partial charge in [0.1, 0.15) is 0 Å². The van der Waals surface area contributed by atoms with Crippen LogP contribution in [0.5, 0.6) is 0 Å². The summed E-state index contributed by atoms with van der Waals surface area (Å²) in [5.74, 6) is 0. The van der Waals surface area contributed by atoms with Crippen LogP contribution < -0.4 is 0 Å². The quantitative estimate of drug-likeness (QED) is 0.390. The third-order valence-electron chi connectivity index (χ3n) is 0.809. The van der Waals surface area contributed by atoms with Crippen LogP contribution in [0.1, 0.15) is 6.42 Å². The standard InChI is InChI=1S/C4H9Cl3OSi/c1-8-9-3-2-4(5,6)7/h2-3,9H2,1H3. The SMILES string of the molecule is CO[SiH2]CCC(Cl)(Cl)Cl. The Hall–Kier alpha value is 1.05. The maximum atomic E-state index is 5.47. The van der Waals surface area contributed by atoms with Crippen molar-refractivity contribution in [2.45, 2.75) is 16.3 Å². The normalized spacial score (nSPS) is 13.3. The van der Waals surface area contributed by atoms with Crippen molar-refractivity contribution >= 4 is 44.6 Å². The summed E-state index contributed by atoms with van der Waals surface area (Å²) in [7, 11) is 1.27. The van der Waals surface area contributed by atoms with Crippen LogP contribution in [0, 0.1) is 0 Å². The molecule has 0 aliphatic heterocycles. The monoisotopic (exact) mass is 206 g/mol. The van der Waals surface area contributed by atoms with Gasteiger partial charge in [-0.25, -0.2) is 0 Å². The summed E-state index contributed by atoms with van der Waals surface area (Å²) in [5, 5.41) is 0. The van der Waals surface area contributed by atoms with Gasteiger partial charge in [0.25, 0.3) is 0 Å². The van der Waals surface area contributed by atoms with E-state index in [4.69, 9.17) is 39.2 Å². The van der Waals surface area contributed by atoms with E-state index in [2.05, 4.69) is 0 Å². The smallest absolute Gasteiger partial charge is 0.190 e. The molecule has 56 valence electrons. The minimum atomic E-state index is -1.08. The minimum Gasteiger partial charge on any atom is -0.427 e. The number of hydrogen-bond acceptors (Lipinski definition) is 1.